The van der Waals surface area contributed by atoms with Crippen LogP contribution in [0.2, 0.25) is 0 Å². The van der Waals surface area contributed by atoms with Gasteiger partial charge in [-0.1, -0.05) is 6.07 Å². The zero-order valence-corrected chi connectivity index (χ0v) is 13.6. The first kappa shape index (κ1) is 14.6. The Morgan fingerprint density at radius 1 is 1.27 bits per heavy atom. The SMILES string of the molecule is Cc1nc2ccc(I)cc2n1C(=O)c1cccc([N+](=O)[O-])c1. The molecule has 110 valence electrons. The number of halogens is 1. The summed E-state index contributed by atoms with van der Waals surface area (Å²) in [6, 6.07) is 11.3. The summed E-state index contributed by atoms with van der Waals surface area (Å²) in [6.45, 7) is 1.74. The van der Waals surface area contributed by atoms with E-state index in [1.807, 2.05) is 18.2 Å². The van der Waals surface area contributed by atoms with Crippen LogP contribution in [0.15, 0.2) is 42.5 Å². The molecular formula is C15H10IN3O3. The topological polar surface area (TPSA) is 78.0 Å². The Hall–Kier alpha value is -2.29. The van der Waals surface area contributed by atoms with Gasteiger partial charge in [-0.2, -0.15) is 0 Å². The molecule has 0 aliphatic rings. The van der Waals surface area contributed by atoms with Crippen LogP contribution in [0.3, 0.4) is 0 Å². The minimum absolute atomic E-state index is 0.109. The first-order valence-electron chi connectivity index (χ1n) is 6.41. The van der Waals surface area contributed by atoms with Gasteiger partial charge in [0.1, 0.15) is 5.82 Å². The summed E-state index contributed by atoms with van der Waals surface area (Å²) in [5.74, 6) is 0.221. The monoisotopic (exact) mass is 407 g/mol. The summed E-state index contributed by atoms with van der Waals surface area (Å²) < 4.78 is 2.47. The maximum atomic E-state index is 12.7. The number of aryl methyl sites for hydroxylation is 1. The van der Waals surface area contributed by atoms with E-state index in [-0.39, 0.29) is 17.2 Å². The number of imidazole rings is 1. The van der Waals surface area contributed by atoms with Gasteiger partial charge in [0.15, 0.2) is 0 Å². The van der Waals surface area contributed by atoms with Crippen LogP contribution in [-0.2, 0) is 0 Å². The Balaban J connectivity index is 2.17. The van der Waals surface area contributed by atoms with Crippen molar-refractivity contribution in [2.24, 2.45) is 0 Å². The van der Waals surface area contributed by atoms with Gasteiger partial charge in [0.2, 0.25) is 0 Å². The highest BCUT2D eigenvalue weighted by Crippen LogP contribution is 2.21. The Morgan fingerprint density at radius 3 is 2.77 bits per heavy atom. The average Bonchev–Trinajstić information content (AvgIpc) is 2.82. The van der Waals surface area contributed by atoms with Crippen molar-refractivity contribution in [1.82, 2.24) is 9.55 Å². The fraction of sp³-hybridized carbons (Fsp3) is 0.0667. The number of benzene rings is 2. The first-order chi connectivity index (χ1) is 10.5. The zero-order chi connectivity index (χ0) is 15.9. The van der Waals surface area contributed by atoms with Crippen LogP contribution < -0.4 is 0 Å². The van der Waals surface area contributed by atoms with Gasteiger partial charge >= 0.3 is 0 Å². The Labute approximate surface area is 139 Å². The van der Waals surface area contributed by atoms with Crippen molar-refractivity contribution in [2.75, 3.05) is 0 Å². The van der Waals surface area contributed by atoms with Crippen molar-refractivity contribution in [3.63, 3.8) is 0 Å². The van der Waals surface area contributed by atoms with E-state index in [0.717, 1.165) is 9.09 Å². The van der Waals surface area contributed by atoms with Crippen LogP contribution in [0, 0.1) is 20.6 Å². The Bertz CT molecular complexity index is 918. The minimum atomic E-state index is -0.515. The minimum Gasteiger partial charge on any atom is -0.268 e. The number of carbonyl (C=O) groups is 1. The number of nitro benzene ring substituents is 1. The second-order valence-electron chi connectivity index (χ2n) is 4.74. The normalized spacial score (nSPS) is 10.8. The highest BCUT2D eigenvalue weighted by atomic mass is 127. The second-order valence-corrected chi connectivity index (χ2v) is 5.99. The van der Waals surface area contributed by atoms with E-state index in [9.17, 15) is 14.9 Å². The molecule has 0 aliphatic carbocycles. The van der Waals surface area contributed by atoms with Gasteiger partial charge in [-0.25, -0.2) is 4.98 Å². The molecule has 0 atom stereocenters. The fourth-order valence-electron chi connectivity index (χ4n) is 2.31. The third kappa shape index (κ3) is 2.47. The average molecular weight is 407 g/mol. The van der Waals surface area contributed by atoms with Crippen molar-refractivity contribution >= 4 is 45.2 Å². The van der Waals surface area contributed by atoms with Gasteiger partial charge in [-0.05, 0) is 53.8 Å². The van der Waals surface area contributed by atoms with Gasteiger partial charge < -0.3 is 0 Å². The van der Waals surface area contributed by atoms with E-state index >= 15 is 0 Å². The summed E-state index contributed by atoms with van der Waals surface area (Å²) in [5.41, 5.74) is 1.57. The molecule has 0 bridgehead atoms. The highest BCUT2D eigenvalue weighted by Gasteiger charge is 2.18. The third-order valence-corrected chi connectivity index (χ3v) is 3.96. The van der Waals surface area contributed by atoms with Gasteiger partial charge in [-0.3, -0.25) is 19.5 Å². The highest BCUT2D eigenvalue weighted by molar-refractivity contribution is 14.1. The molecular weight excluding hydrogens is 397 g/mol. The maximum Gasteiger partial charge on any atom is 0.270 e. The van der Waals surface area contributed by atoms with Gasteiger partial charge in [0, 0.05) is 21.3 Å². The first-order valence-corrected chi connectivity index (χ1v) is 7.49. The second kappa shape index (κ2) is 5.48. The largest absolute Gasteiger partial charge is 0.270 e. The number of nitro groups is 1. The van der Waals surface area contributed by atoms with Crippen molar-refractivity contribution < 1.29 is 9.72 Å². The summed E-state index contributed by atoms with van der Waals surface area (Å²) in [6.07, 6.45) is 0. The van der Waals surface area contributed by atoms with Crippen molar-refractivity contribution in [3.8, 4) is 0 Å². The van der Waals surface area contributed by atoms with E-state index in [2.05, 4.69) is 27.6 Å². The van der Waals surface area contributed by atoms with Crippen molar-refractivity contribution in [2.45, 2.75) is 6.92 Å². The molecule has 3 aromatic rings. The lowest BCUT2D eigenvalue weighted by molar-refractivity contribution is -0.384. The van der Waals surface area contributed by atoms with Gasteiger partial charge in [0.25, 0.3) is 11.6 Å². The molecule has 1 aromatic heterocycles. The standard InChI is InChI=1S/C15H10IN3O3/c1-9-17-13-6-5-11(16)8-14(13)18(9)15(20)10-3-2-4-12(7-10)19(21)22/h2-8H,1H3. The molecule has 0 aliphatic heterocycles. The van der Waals surface area contributed by atoms with E-state index in [0.29, 0.717) is 11.3 Å². The molecule has 0 unspecified atom stereocenters. The fourth-order valence-corrected chi connectivity index (χ4v) is 2.78. The predicted molar refractivity (Wildman–Crippen MR) is 90.0 cm³/mol. The van der Waals surface area contributed by atoms with E-state index in [1.54, 1.807) is 13.0 Å². The number of hydrogen-bond donors (Lipinski definition) is 0. The number of hydrogen-bond acceptors (Lipinski definition) is 4. The van der Waals surface area contributed by atoms with E-state index in [4.69, 9.17) is 0 Å². The summed E-state index contributed by atoms with van der Waals surface area (Å²) >= 11 is 2.16. The molecule has 7 heteroatoms. The lowest BCUT2D eigenvalue weighted by Crippen LogP contribution is -2.13. The number of carbonyl (C=O) groups excluding carboxylic acids is 1. The summed E-state index contributed by atoms with van der Waals surface area (Å²) in [7, 11) is 0. The molecule has 2 aromatic carbocycles. The molecule has 0 radical (unpaired) electrons. The molecule has 0 spiro atoms. The lowest BCUT2D eigenvalue weighted by atomic mass is 10.2. The number of rotatable bonds is 2. The molecule has 6 nitrogen and oxygen atoms in total. The van der Waals surface area contributed by atoms with Crippen LogP contribution >= 0.6 is 22.6 Å². The van der Waals surface area contributed by atoms with Crippen LogP contribution in [0.5, 0.6) is 0 Å². The van der Waals surface area contributed by atoms with Crippen molar-refractivity contribution in [3.05, 3.63) is 67.5 Å². The quantitative estimate of drug-likeness (QED) is 0.370. The Kier molecular flexibility index (Phi) is 3.65. The molecule has 3 rings (SSSR count). The van der Waals surface area contributed by atoms with Gasteiger partial charge in [-0.15, -0.1) is 0 Å². The molecule has 0 N–H and O–H groups in total. The molecule has 1 heterocycles. The predicted octanol–water partition coefficient (Wildman–Crippen LogP) is 3.55. The van der Waals surface area contributed by atoms with Crippen LogP contribution in [0.25, 0.3) is 11.0 Å². The van der Waals surface area contributed by atoms with E-state index < -0.39 is 4.92 Å². The molecule has 0 saturated heterocycles. The van der Waals surface area contributed by atoms with E-state index in [1.165, 1.54) is 22.8 Å². The number of non-ortho nitro benzene ring substituents is 1. The van der Waals surface area contributed by atoms with Crippen molar-refractivity contribution in [1.29, 1.82) is 0 Å². The number of nitrogens with zero attached hydrogens (tertiary/aromatic N) is 3. The van der Waals surface area contributed by atoms with Crippen LogP contribution in [0.1, 0.15) is 16.2 Å². The molecule has 0 amide bonds. The molecule has 0 saturated carbocycles. The third-order valence-electron chi connectivity index (χ3n) is 3.29. The molecule has 0 fully saturated rings. The lowest BCUT2D eigenvalue weighted by Gasteiger charge is -2.05. The van der Waals surface area contributed by atoms with Gasteiger partial charge in [0.05, 0.1) is 16.0 Å². The molecule has 22 heavy (non-hydrogen) atoms. The number of fused-ring (bicyclic) bond motifs is 1. The zero-order valence-electron chi connectivity index (χ0n) is 11.5. The van der Waals surface area contributed by atoms with Crippen LogP contribution in [-0.4, -0.2) is 20.4 Å². The Morgan fingerprint density at radius 2 is 2.05 bits per heavy atom. The smallest absolute Gasteiger partial charge is 0.268 e. The summed E-state index contributed by atoms with van der Waals surface area (Å²) in [5, 5.41) is 10.9. The maximum absolute atomic E-state index is 12.7. The van der Waals surface area contributed by atoms with Crippen LogP contribution in [0.4, 0.5) is 5.69 Å². The summed E-state index contributed by atoms with van der Waals surface area (Å²) in [4.78, 5) is 27.4. The number of aromatic nitrogens is 2.